The predicted octanol–water partition coefficient (Wildman–Crippen LogP) is 4.88. The maximum atomic E-state index is 11.1. The molecule has 0 saturated carbocycles. The van der Waals surface area contributed by atoms with Gasteiger partial charge in [-0.25, -0.2) is 5.10 Å². The Hall–Kier alpha value is -2.11. The number of aromatic nitrogens is 2. The summed E-state index contributed by atoms with van der Waals surface area (Å²) in [6.45, 7) is 1.96. The molecule has 0 aliphatic rings. The number of rotatable bonds is 4. The van der Waals surface area contributed by atoms with E-state index < -0.39 is 0 Å². The molecular weight excluding hydrogens is 392 g/mol. The van der Waals surface area contributed by atoms with Crippen LogP contribution in [0.3, 0.4) is 0 Å². The van der Waals surface area contributed by atoms with E-state index in [2.05, 4.69) is 26.1 Å². The lowest BCUT2D eigenvalue weighted by atomic mass is 10.0. The lowest BCUT2D eigenvalue weighted by molar-refractivity contribution is 0.478. The van der Waals surface area contributed by atoms with Gasteiger partial charge in [-0.1, -0.05) is 39.7 Å². The van der Waals surface area contributed by atoms with E-state index in [4.69, 9.17) is 16.3 Å². The molecule has 0 saturated heterocycles. The number of hydrogen-bond acceptors (Lipinski definition) is 3. The Balaban J connectivity index is 1.92. The summed E-state index contributed by atoms with van der Waals surface area (Å²) in [6.07, 6.45) is 0.578. The molecule has 0 aliphatic carbocycles. The van der Waals surface area contributed by atoms with Crippen LogP contribution in [0.4, 0.5) is 0 Å². The van der Waals surface area contributed by atoms with E-state index in [1.807, 2.05) is 43.3 Å². The Morgan fingerprint density at radius 1 is 1.21 bits per heavy atom. The Morgan fingerprint density at radius 3 is 2.75 bits per heavy atom. The smallest absolute Gasteiger partial charge is 0.264 e. The lowest BCUT2D eigenvalue weighted by Gasteiger charge is -2.14. The van der Waals surface area contributed by atoms with Gasteiger partial charge in [-0.15, -0.1) is 0 Å². The number of ether oxygens (including phenoxy) is 1. The summed E-state index contributed by atoms with van der Waals surface area (Å²) in [5, 5.41) is 7.04. The molecule has 24 heavy (non-hydrogen) atoms. The van der Waals surface area contributed by atoms with E-state index in [-0.39, 0.29) is 5.56 Å². The van der Waals surface area contributed by atoms with Gasteiger partial charge in [0.2, 0.25) is 0 Å². The largest absolute Gasteiger partial charge is 0.455 e. The molecule has 4 nitrogen and oxygen atoms in total. The molecule has 1 heterocycles. The fourth-order valence-electron chi connectivity index (χ4n) is 2.33. The Labute approximate surface area is 152 Å². The standard InChI is InChI=1S/C18H14BrClN2O2/c1-11-12(9-14-6-8-17(23)22-21-14)5-7-16(20)18(11)24-15-4-2-3-13(19)10-15/h2-8,10H,9H2,1H3,(H,22,23). The molecule has 0 bridgehead atoms. The fraction of sp³-hybridized carbons (Fsp3) is 0.111. The average Bonchev–Trinajstić information content (AvgIpc) is 2.56. The van der Waals surface area contributed by atoms with Crippen LogP contribution in [0, 0.1) is 6.92 Å². The van der Waals surface area contributed by atoms with Crippen molar-refractivity contribution in [2.24, 2.45) is 0 Å². The number of hydrogen-bond donors (Lipinski definition) is 1. The first-order chi connectivity index (χ1) is 11.5. The van der Waals surface area contributed by atoms with Crippen LogP contribution in [0.5, 0.6) is 11.5 Å². The average molecular weight is 406 g/mol. The van der Waals surface area contributed by atoms with Crippen LogP contribution in [0.2, 0.25) is 5.02 Å². The van der Waals surface area contributed by atoms with Crippen LogP contribution >= 0.6 is 27.5 Å². The second-order valence-electron chi connectivity index (χ2n) is 5.31. The summed E-state index contributed by atoms with van der Waals surface area (Å²) in [4.78, 5) is 11.1. The topological polar surface area (TPSA) is 55.0 Å². The van der Waals surface area contributed by atoms with E-state index >= 15 is 0 Å². The minimum atomic E-state index is -0.217. The van der Waals surface area contributed by atoms with Crippen molar-refractivity contribution in [2.45, 2.75) is 13.3 Å². The SMILES string of the molecule is Cc1c(Cc2ccc(=O)[nH]n2)ccc(Cl)c1Oc1cccc(Br)c1. The van der Waals surface area contributed by atoms with E-state index in [1.165, 1.54) is 6.07 Å². The molecule has 1 aromatic heterocycles. The summed E-state index contributed by atoms with van der Waals surface area (Å²) in [7, 11) is 0. The quantitative estimate of drug-likeness (QED) is 0.673. The van der Waals surface area contributed by atoms with Gasteiger partial charge in [0.25, 0.3) is 5.56 Å². The van der Waals surface area contributed by atoms with Crippen LogP contribution < -0.4 is 10.3 Å². The predicted molar refractivity (Wildman–Crippen MR) is 98.1 cm³/mol. The minimum absolute atomic E-state index is 0.217. The number of nitrogens with one attached hydrogen (secondary N) is 1. The zero-order valence-corrected chi connectivity index (χ0v) is 15.2. The lowest BCUT2D eigenvalue weighted by Crippen LogP contribution is -2.08. The highest BCUT2D eigenvalue weighted by Gasteiger charge is 2.12. The number of nitrogens with zero attached hydrogens (tertiary/aromatic N) is 1. The molecule has 0 aliphatic heterocycles. The first-order valence-corrected chi connectivity index (χ1v) is 8.46. The molecule has 6 heteroatoms. The molecule has 3 rings (SSSR count). The number of H-pyrrole nitrogens is 1. The third kappa shape index (κ3) is 3.86. The van der Waals surface area contributed by atoms with Gasteiger partial charge < -0.3 is 4.74 Å². The van der Waals surface area contributed by atoms with Gasteiger partial charge in [0, 0.05) is 17.0 Å². The van der Waals surface area contributed by atoms with Gasteiger partial charge in [-0.05, 0) is 48.4 Å². The molecule has 0 amide bonds. The molecule has 0 radical (unpaired) electrons. The highest BCUT2D eigenvalue weighted by atomic mass is 79.9. The van der Waals surface area contributed by atoms with Gasteiger partial charge in [0.1, 0.15) is 11.5 Å². The highest BCUT2D eigenvalue weighted by molar-refractivity contribution is 9.10. The van der Waals surface area contributed by atoms with E-state index in [0.29, 0.717) is 22.9 Å². The Morgan fingerprint density at radius 2 is 2.04 bits per heavy atom. The van der Waals surface area contributed by atoms with Crippen molar-refractivity contribution in [2.75, 3.05) is 0 Å². The normalized spacial score (nSPS) is 10.6. The van der Waals surface area contributed by atoms with Crippen LogP contribution in [-0.2, 0) is 6.42 Å². The Bertz CT molecular complexity index is 920. The third-order valence-electron chi connectivity index (χ3n) is 3.59. The second kappa shape index (κ2) is 7.20. The van der Waals surface area contributed by atoms with Crippen molar-refractivity contribution in [3.05, 3.63) is 85.2 Å². The first-order valence-electron chi connectivity index (χ1n) is 7.29. The van der Waals surface area contributed by atoms with Crippen molar-refractivity contribution in [1.82, 2.24) is 10.2 Å². The van der Waals surface area contributed by atoms with E-state index in [1.54, 1.807) is 6.07 Å². The maximum absolute atomic E-state index is 11.1. The van der Waals surface area contributed by atoms with Crippen molar-refractivity contribution in [3.63, 3.8) is 0 Å². The third-order valence-corrected chi connectivity index (χ3v) is 4.39. The number of aromatic amines is 1. The summed E-state index contributed by atoms with van der Waals surface area (Å²) in [5.41, 5.74) is 2.53. The van der Waals surface area contributed by atoms with Gasteiger partial charge in [-0.3, -0.25) is 4.79 Å². The van der Waals surface area contributed by atoms with Crippen LogP contribution in [0.15, 0.2) is 57.8 Å². The number of benzene rings is 2. The molecule has 2 aromatic carbocycles. The van der Waals surface area contributed by atoms with E-state index in [9.17, 15) is 4.79 Å². The second-order valence-corrected chi connectivity index (χ2v) is 6.63. The van der Waals surface area contributed by atoms with Gasteiger partial charge in [0.15, 0.2) is 0 Å². The monoisotopic (exact) mass is 404 g/mol. The van der Waals surface area contributed by atoms with Crippen LogP contribution in [0.25, 0.3) is 0 Å². The van der Waals surface area contributed by atoms with Crippen molar-refractivity contribution >= 4 is 27.5 Å². The fourth-order valence-corrected chi connectivity index (χ4v) is 2.95. The van der Waals surface area contributed by atoms with Crippen molar-refractivity contribution < 1.29 is 4.74 Å². The molecule has 122 valence electrons. The molecule has 3 aromatic rings. The molecule has 0 spiro atoms. The van der Waals surface area contributed by atoms with Crippen molar-refractivity contribution in [3.8, 4) is 11.5 Å². The molecule has 0 unspecified atom stereocenters. The first kappa shape index (κ1) is 16.7. The zero-order chi connectivity index (χ0) is 17.1. The highest BCUT2D eigenvalue weighted by Crippen LogP contribution is 2.35. The van der Waals surface area contributed by atoms with Gasteiger partial charge in [0.05, 0.1) is 10.7 Å². The summed E-state index contributed by atoms with van der Waals surface area (Å²) >= 11 is 9.74. The molecule has 0 atom stereocenters. The van der Waals surface area contributed by atoms with Crippen LogP contribution in [0.1, 0.15) is 16.8 Å². The van der Waals surface area contributed by atoms with Gasteiger partial charge >= 0.3 is 0 Å². The minimum Gasteiger partial charge on any atom is -0.455 e. The van der Waals surface area contributed by atoms with E-state index in [0.717, 1.165) is 21.3 Å². The Kier molecular flexibility index (Phi) is 5.02. The number of halogens is 2. The summed E-state index contributed by atoms with van der Waals surface area (Å²) in [6, 6.07) is 14.5. The summed E-state index contributed by atoms with van der Waals surface area (Å²) < 4.78 is 6.91. The van der Waals surface area contributed by atoms with Crippen molar-refractivity contribution in [1.29, 1.82) is 0 Å². The molecule has 0 fully saturated rings. The van der Waals surface area contributed by atoms with Crippen LogP contribution in [-0.4, -0.2) is 10.2 Å². The molecular formula is C18H14BrClN2O2. The maximum Gasteiger partial charge on any atom is 0.264 e. The zero-order valence-electron chi connectivity index (χ0n) is 12.8. The van der Waals surface area contributed by atoms with Gasteiger partial charge in [-0.2, -0.15) is 5.10 Å². The molecule has 1 N–H and O–H groups in total. The summed E-state index contributed by atoms with van der Waals surface area (Å²) in [5.74, 6) is 1.32.